The monoisotopic (exact) mass is 334 g/mol. The van der Waals surface area contributed by atoms with Gasteiger partial charge < -0.3 is 15.8 Å². The lowest BCUT2D eigenvalue weighted by atomic mass is 9.92. The molecule has 0 aliphatic carbocycles. The number of ether oxygens (including phenoxy) is 1. The first-order valence-corrected chi connectivity index (χ1v) is 7.23. The molecular formula is C18H23ClN2O2. The highest BCUT2D eigenvalue weighted by atomic mass is 35.5. The molecule has 0 aromatic heterocycles. The van der Waals surface area contributed by atoms with E-state index in [1.54, 1.807) is 14.0 Å². The molecule has 0 spiro atoms. The smallest absolute Gasteiger partial charge is 0.244 e. The van der Waals surface area contributed by atoms with Crippen molar-refractivity contribution in [2.24, 2.45) is 5.73 Å². The number of carbonyl (C=O) groups is 1. The van der Waals surface area contributed by atoms with Gasteiger partial charge in [-0.05, 0) is 23.6 Å². The number of halogens is 1. The van der Waals surface area contributed by atoms with Crippen molar-refractivity contribution >= 4 is 18.3 Å². The summed E-state index contributed by atoms with van der Waals surface area (Å²) in [6, 6.07) is 17.3. The molecule has 4 nitrogen and oxygen atoms in total. The van der Waals surface area contributed by atoms with Crippen LogP contribution in [0.25, 0.3) is 0 Å². The van der Waals surface area contributed by atoms with Crippen LogP contribution in [-0.4, -0.2) is 13.0 Å². The molecule has 2 rings (SSSR count). The summed E-state index contributed by atoms with van der Waals surface area (Å²) < 4.78 is 5.11. The van der Waals surface area contributed by atoms with E-state index in [0.717, 1.165) is 16.7 Å². The van der Waals surface area contributed by atoms with Gasteiger partial charge in [-0.25, -0.2) is 0 Å². The Labute approximate surface area is 143 Å². The van der Waals surface area contributed by atoms with Crippen LogP contribution >= 0.6 is 12.4 Å². The zero-order chi connectivity index (χ0) is 16.0. The third-order valence-corrected chi connectivity index (χ3v) is 3.60. The second-order valence-corrected chi connectivity index (χ2v) is 5.50. The molecule has 0 fully saturated rings. The predicted molar refractivity (Wildman–Crippen MR) is 94.2 cm³/mol. The first-order valence-electron chi connectivity index (χ1n) is 7.23. The van der Waals surface area contributed by atoms with Crippen LogP contribution in [0.1, 0.15) is 23.6 Å². The highest BCUT2D eigenvalue weighted by Gasteiger charge is 2.29. The minimum atomic E-state index is -1.05. The fourth-order valence-corrected chi connectivity index (χ4v) is 2.28. The van der Waals surface area contributed by atoms with E-state index in [1.165, 1.54) is 0 Å². The Morgan fingerprint density at radius 1 is 1.13 bits per heavy atom. The third kappa shape index (κ3) is 5.06. The summed E-state index contributed by atoms with van der Waals surface area (Å²) in [6.45, 7) is 2.72. The van der Waals surface area contributed by atoms with Gasteiger partial charge in [-0.15, -0.1) is 12.4 Å². The van der Waals surface area contributed by atoms with Crippen molar-refractivity contribution in [2.45, 2.75) is 25.6 Å². The number of carbonyl (C=O) groups excluding carboxylic acids is 1. The zero-order valence-electron chi connectivity index (χ0n) is 13.4. The number of methoxy groups -OCH3 is 1. The molecule has 0 radical (unpaired) electrons. The summed E-state index contributed by atoms with van der Waals surface area (Å²) in [7, 11) is 1.66. The van der Waals surface area contributed by atoms with E-state index in [1.807, 2.05) is 54.6 Å². The fourth-order valence-electron chi connectivity index (χ4n) is 2.28. The van der Waals surface area contributed by atoms with Gasteiger partial charge in [0, 0.05) is 13.7 Å². The lowest BCUT2D eigenvalue weighted by Crippen LogP contribution is -2.48. The fraction of sp³-hybridized carbons (Fsp3) is 0.278. The summed E-state index contributed by atoms with van der Waals surface area (Å²) in [4.78, 5) is 12.4. The molecule has 0 saturated carbocycles. The molecule has 0 aliphatic rings. The Morgan fingerprint density at radius 2 is 1.78 bits per heavy atom. The van der Waals surface area contributed by atoms with E-state index in [2.05, 4.69) is 5.32 Å². The first kappa shape index (κ1) is 19.2. The van der Waals surface area contributed by atoms with Crippen LogP contribution in [-0.2, 0) is 28.2 Å². The largest absolute Gasteiger partial charge is 0.380 e. The molecule has 0 bridgehead atoms. The Morgan fingerprint density at radius 3 is 2.43 bits per heavy atom. The molecule has 23 heavy (non-hydrogen) atoms. The van der Waals surface area contributed by atoms with Gasteiger partial charge >= 0.3 is 0 Å². The second-order valence-electron chi connectivity index (χ2n) is 5.50. The Bertz CT molecular complexity index is 630. The van der Waals surface area contributed by atoms with Crippen molar-refractivity contribution in [1.29, 1.82) is 0 Å². The van der Waals surface area contributed by atoms with E-state index in [4.69, 9.17) is 10.5 Å². The van der Waals surface area contributed by atoms with E-state index >= 15 is 0 Å². The third-order valence-electron chi connectivity index (χ3n) is 3.60. The number of nitrogens with one attached hydrogen (secondary N) is 1. The van der Waals surface area contributed by atoms with Gasteiger partial charge in [-0.3, -0.25) is 4.79 Å². The molecule has 124 valence electrons. The first-order chi connectivity index (χ1) is 10.5. The SMILES string of the molecule is COCc1cccc(CNC(=O)C(C)(N)c2ccccc2)c1.Cl. The maximum atomic E-state index is 12.4. The van der Waals surface area contributed by atoms with Crippen LogP contribution in [0.3, 0.4) is 0 Å². The van der Waals surface area contributed by atoms with Crippen LogP contribution in [0, 0.1) is 0 Å². The van der Waals surface area contributed by atoms with Gasteiger partial charge in [0.1, 0.15) is 5.54 Å². The molecule has 0 saturated heterocycles. The standard InChI is InChI=1S/C18H22N2O2.ClH/c1-18(19,16-9-4-3-5-10-16)17(21)20-12-14-7-6-8-15(11-14)13-22-2;/h3-11H,12-13,19H2,1-2H3,(H,20,21);1H. The van der Waals surface area contributed by atoms with Gasteiger partial charge in [0.25, 0.3) is 0 Å². The van der Waals surface area contributed by atoms with Crippen LogP contribution in [0.4, 0.5) is 0 Å². The van der Waals surface area contributed by atoms with Crippen LogP contribution in [0.15, 0.2) is 54.6 Å². The highest BCUT2D eigenvalue weighted by Crippen LogP contribution is 2.17. The average Bonchev–Trinajstić information content (AvgIpc) is 2.54. The lowest BCUT2D eigenvalue weighted by molar-refractivity contribution is -0.126. The molecule has 5 heteroatoms. The van der Waals surface area contributed by atoms with Crippen molar-refractivity contribution in [3.8, 4) is 0 Å². The van der Waals surface area contributed by atoms with Gasteiger partial charge in [0.2, 0.25) is 5.91 Å². The van der Waals surface area contributed by atoms with E-state index in [0.29, 0.717) is 13.2 Å². The zero-order valence-corrected chi connectivity index (χ0v) is 14.2. The predicted octanol–water partition coefficient (Wildman–Crippen LogP) is 2.75. The van der Waals surface area contributed by atoms with Crippen LogP contribution in [0.2, 0.25) is 0 Å². The number of rotatable bonds is 6. The molecule has 3 N–H and O–H groups in total. The van der Waals surface area contributed by atoms with Gasteiger partial charge in [0.05, 0.1) is 6.61 Å². The van der Waals surface area contributed by atoms with Crippen molar-refractivity contribution < 1.29 is 9.53 Å². The molecule has 1 atom stereocenters. The number of amides is 1. The number of benzene rings is 2. The normalized spacial score (nSPS) is 12.8. The van der Waals surface area contributed by atoms with Crippen molar-refractivity contribution in [1.82, 2.24) is 5.32 Å². The van der Waals surface area contributed by atoms with Crippen LogP contribution < -0.4 is 11.1 Å². The minimum absolute atomic E-state index is 0. The molecule has 0 heterocycles. The number of hydrogen-bond acceptors (Lipinski definition) is 3. The van der Waals surface area contributed by atoms with Crippen LogP contribution in [0.5, 0.6) is 0 Å². The number of hydrogen-bond donors (Lipinski definition) is 2. The Kier molecular flexibility index (Phi) is 7.23. The van der Waals surface area contributed by atoms with Crippen molar-refractivity contribution in [2.75, 3.05) is 7.11 Å². The summed E-state index contributed by atoms with van der Waals surface area (Å²) in [5.41, 5.74) is 8.03. The topological polar surface area (TPSA) is 64.3 Å². The summed E-state index contributed by atoms with van der Waals surface area (Å²) >= 11 is 0. The van der Waals surface area contributed by atoms with E-state index in [9.17, 15) is 4.79 Å². The van der Waals surface area contributed by atoms with Crippen molar-refractivity contribution in [3.63, 3.8) is 0 Å². The summed E-state index contributed by atoms with van der Waals surface area (Å²) in [5, 5.41) is 2.90. The lowest BCUT2D eigenvalue weighted by Gasteiger charge is -2.24. The Balaban J connectivity index is 0.00000264. The van der Waals surface area contributed by atoms with Gasteiger partial charge in [-0.2, -0.15) is 0 Å². The maximum Gasteiger partial charge on any atom is 0.244 e. The molecule has 1 unspecified atom stereocenters. The van der Waals surface area contributed by atoms with Crippen molar-refractivity contribution in [3.05, 3.63) is 71.3 Å². The highest BCUT2D eigenvalue weighted by molar-refractivity contribution is 5.87. The second kappa shape index (κ2) is 8.67. The van der Waals surface area contributed by atoms with Gasteiger partial charge in [-0.1, -0.05) is 54.6 Å². The molecule has 2 aromatic rings. The van der Waals surface area contributed by atoms with E-state index < -0.39 is 5.54 Å². The molecule has 0 aliphatic heterocycles. The van der Waals surface area contributed by atoms with E-state index in [-0.39, 0.29) is 18.3 Å². The number of nitrogens with two attached hydrogens (primary N) is 1. The Hall–Kier alpha value is -1.88. The minimum Gasteiger partial charge on any atom is -0.380 e. The summed E-state index contributed by atoms with van der Waals surface area (Å²) in [6.07, 6.45) is 0. The maximum absolute atomic E-state index is 12.4. The molecular weight excluding hydrogens is 312 g/mol. The van der Waals surface area contributed by atoms with Gasteiger partial charge in [0.15, 0.2) is 0 Å². The molecule has 1 amide bonds. The average molecular weight is 335 g/mol. The quantitative estimate of drug-likeness (QED) is 0.853. The summed E-state index contributed by atoms with van der Waals surface area (Å²) in [5.74, 6) is -0.198. The molecule has 2 aromatic carbocycles.